The summed E-state index contributed by atoms with van der Waals surface area (Å²) >= 11 is 9.53. The second-order valence-corrected chi connectivity index (χ2v) is 13.0. The average Bonchev–Trinajstić information content (AvgIpc) is 3.82. The van der Waals surface area contributed by atoms with Gasteiger partial charge in [0.25, 0.3) is 5.91 Å². The Morgan fingerprint density at radius 1 is 1.27 bits per heavy atom. The first-order valence-corrected chi connectivity index (χ1v) is 15.4. The molecule has 1 aliphatic carbocycles. The van der Waals surface area contributed by atoms with Crippen LogP contribution >= 0.6 is 27.5 Å². The average molecular weight is 696 g/mol. The van der Waals surface area contributed by atoms with Crippen LogP contribution in [0.1, 0.15) is 47.1 Å². The molecule has 1 fully saturated rings. The number of hydrogen-bond acceptors (Lipinski definition) is 7. The van der Waals surface area contributed by atoms with Gasteiger partial charge in [-0.15, -0.1) is 0 Å². The molecule has 1 aliphatic heterocycles. The van der Waals surface area contributed by atoms with E-state index in [1.54, 1.807) is 56.3 Å². The van der Waals surface area contributed by atoms with Gasteiger partial charge in [-0.2, -0.15) is 0 Å². The standard InChI is InChI=1S/C33H29BrClFN4O5/c1-16-23(35)10-17-9-18(11-24(44-3)27(17)39-16)30(42)38-13-33(14-41,19-7-8-19)25-12-21-29(45-15-32(21,2)31(37)43)28(40-25)20-5-4-6-22(34)26(20)36/h4-6,9-12,14,19H,7-8,13,15H2,1-3H3,(H2,37,43)(H,38,42)/t32-,33+/m0/s1. The Balaban J connectivity index is 1.44. The van der Waals surface area contributed by atoms with Crippen molar-refractivity contribution in [2.45, 2.75) is 37.5 Å². The molecule has 0 saturated heterocycles. The zero-order chi connectivity index (χ0) is 32.3. The summed E-state index contributed by atoms with van der Waals surface area (Å²) in [6.45, 7) is 3.25. The van der Waals surface area contributed by atoms with Crippen molar-refractivity contribution in [3.8, 4) is 22.8 Å². The van der Waals surface area contributed by atoms with E-state index >= 15 is 4.39 Å². The number of aryl methyl sites for hydroxylation is 1. The number of aldehydes is 1. The number of amides is 2. The van der Waals surface area contributed by atoms with Crippen LogP contribution in [0.15, 0.2) is 46.9 Å². The van der Waals surface area contributed by atoms with Crippen LogP contribution in [-0.4, -0.2) is 48.3 Å². The number of rotatable bonds is 9. The SMILES string of the molecule is COc1cc(C(=O)NC[C@](C=O)(c2cc3c(c(-c4cccc(Br)c4F)n2)OC[C@]3(C)C(N)=O)C2CC2)cc2cc(Cl)c(C)nc12. The van der Waals surface area contributed by atoms with Gasteiger partial charge in [0.15, 0.2) is 0 Å². The van der Waals surface area contributed by atoms with Gasteiger partial charge in [0, 0.05) is 28.6 Å². The van der Waals surface area contributed by atoms with Gasteiger partial charge in [-0.25, -0.2) is 14.4 Å². The first-order chi connectivity index (χ1) is 21.4. The number of aromatic nitrogens is 2. The first kappa shape index (κ1) is 30.9. The number of nitrogens with two attached hydrogens (primary N) is 1. The van der Waals surface area contributed by atoms with Gasteiger partial charge in [-0.1, -0.05) is 17.7 Å². The summed E-state index contributed by atoms with van der Waals surface area (Å²) in [4.78, 5) is 48.7. The highest BCUT2D eigenvalue weighted by molar-refractivity contribution is 9.10. The van der Waals surface area contributed by atoms with Gasteiger partial charge in [0.2, 0.25) is 5.91 Å². The number of nitrogens with one attached hydrogen (secondary N) is 1. The third kappa shape index (κ3) is 5.11. The summed E-state index contributed by atoms with van der Waals surface area (Å²) < 4.78 is 27.1. The second kappa shape index (κ2) is 11.4. The highest BCUT2D eigenvalue weighted by Crippen LogP contribution is 2.50. The van der Waals surface area contributed by atoms with E-state index < -0.39 is 28.5 Å². The quantitative estimate of drug-likeness (QED) is 0.219. The van der Waals surface area contributed by atoms with E-state index in [1.807, 2.05) is 0 Å². The fourth-order valence-electron chi connectivity index (χ4n) is 5.87. The fourth-order valence-corrected chi connectivity index (χ4v) is 6.40. The number of carbonyl (C=O) groups excluding carboxylic acids is 3. The molecule has 2 amide bonds. The number of benzene rings is 2. The minimum Gasteiger partial charge on any atom is -0.494 e. The Morgan fingerprint density at radius 3 is 2.69 bits per heavy atom. The predicted molar refractivity (Wildman–Crippen MR) is 170 cm³/mol. The molecular weight excluding hydrogens is 667 g/mol. The lowest BCUT2D eigenvalue weighted by Crippen LogP contribution is -2.45. The van der Waals surface area contributed by atoms with Crippen molar-refractivity contribution in [2.24, 2.45) is 11.7 Å². The van der Waals surface area contributed by atoms with Crippen molar-refractivity contribution in [1.82, 2.24) is 15.3 Å². The smallest absolute Gasteiger partial charge is 0.251 e. The van der Waals surface area contributed by atoms with Crippen LogP contribution in [0.2, 0.25) is 5.02 Å². The molecule has 4 aromatic rings. The van der Waals surface area contributed by atoms with Gasteiger partial charge in [0.05, 0.1) is 33.4 Å². The summed E-state index contributed by atoms with van der Waals surface area (Å²) in [5, 5.41) is 3.98. The molecule has 3 heterocycles. The Bertz CT molecular complexity index is 1920. The van der Waals surface area contributed by atoms with E-state index in [-0.39, 0.29) is 51.8 Å². The molecule has 2 aliphatic rings. The normalized spacial score (nSPS) is 18.5. The van der Waals surface area contributed by atoms with Crippen LogP contribution in [-0.2, 0) is 20.4 Å². The van der Waals surface area contributed by atoms with Crippen molar-refractivity contribution < 1.29 is 28.2 Å². The summed E-state index contributed by atoms with van der Waals surface area (Å²) in [6.07, 6.45) is 2.21. The lowest BCUT2D eigenvalue weighted by atomic mass is 9.76. The molecule has 45 heavy (non-hydrogen) atoms. The van der Waals surface area contributed by atoms with E-state index in [0.717, 1.165) is 6.29 Å². The molecule has 0 bridgehead atoms. The number of ether oxygens (including phenoxy) is 2. The molecule has 2 aromatic carbocycles. The zero-order valence-corrected chi connectivity index (χ0v) is 27.0. The highest BCUT2D eigenvalue weighted by Gasteiger charge is 2.51. The molecule has 0 spiro atoms. The third-order valence-electron chi connectivity index (χ3n) is 8.85. The molecule has 2 atom stereocenters. The van der Waals surface area contributed by atoms with Crippen LogP contribution in [0, 0.1) is 18.7 Å². The van der Waals surface area contributed by atoms with Crippen molar-refractivity contribution >= 4 is 56.5 Å². The zero-order valence-electron chi connectivity index (χ0n) is 24.7. The van der Waals surface area contributed by atoms with E-state index in [9.17, 15) is 14.4 Å². The van der Waals surface area contributed by atoms with Crippen molar-refractivity contribution in [3.05, 3.63) is 80.3 Å². The summed E-state index contributed by atoms with van der Waals surface area (Å²) in [7, 11) is 1.49. The molecule has 232 valence electrons. The minimum absolute atomic E-state index is 0.0676. The van der Waals surface area contributed by atoms with Crippen LogP contribution < -0.4 is 20.5 Å². The number of fused-ring (bicyclic) bond motifs is 2. The lowest BCUT2D eigenvalue weighted by Gasteiger charge is -2.30. The van der Waals surface area contributed by atoms with Crippen LogP contribution in [0.5, 0.6) is 11.5 Å². The lowest BCUT2D eigenvalue weighted by molar-refractivity contribution is -0.123. The van der Waals surface area contributed by atoms with Crippen LogP contribution in [0.25, 0.3) is 22.2 Å². The molecule has 9 nitrogen and oxygen atoms in total. The Kier molecular flexibility index (Phi) is 7.81. The number of primary amides is 1. The molecule has 0 radical (unpaired) electrons. The first-order valence-electron chi connectivity index (χ1n) is 14.3. The van der Waals surface area contributed by atoms with Crippen LogP contribution in [0.4, 0.5) is 4.39 Å². The van der Waals surface area contributed by atoms with Gasteiger partial charge in [-0.3, -0.25) is 9.59 Å². The van der Waals surface area contributed by atoms with Gasteiger partial charge >= 0.3 is 0 Å². The summed E-state index contributed by atoms with van der Waals surface area (Å²) in [5.74, 6) is -1.20. The summed E-state index contributed by atoms with van der Waals surface area (Å²) in [5.41, 5.74) is 5.72. The van der Waals surface area contributed by atoms with Gasteiger partial charge in [-0.05, 0) is 84.9 Å². The topological polar surface area (TPSA) is 134 Å². The van der Waals surface area contributed by atoms with E-state index in [4.69, 9.17) is 31.8 Å². The van der Waals surface area contributed by atoms with Gasteiger partial charge in [0.1, 0.15) is 46.8 Å². The van der Waals surface area contributed by atoms with Gasteiger partial charge < -0.3 is 25.3 Å². The number of pyridine rings is 2. The van der Waals surface area contributed by atoms with Crippen molar-refractivity contribution in [3.63, 3.8) is 0 Å². The predicted octanol–water partition coefficient (Wildman–Crippen LogP) is 5.58. The minimum atomic E-state index is -1.29. The second-order valence-electron chi connectivity index (χ2n) is 11.7. The molecule has 2 aromatic heterocycles. The number of methoxy groups -OCH3 is 1. The molecule has 1 saturated carbocycles. The molecule has 3 N–H and O–H groups in total. The third-order valence-corrected chi connectivity index (χ3v) is 9.85. The maximum absolute atomic E-state index is 15.5. The van der Waals surface area contributed by atoms with Crippen molar-refractivity contribution in [1.29, 1.82) is 0 Å². The van der Waals surface area contributed by atoms with E-state index in [0.29, 0.717) is 45.8 Å². The number of nitrogens with zero attached hydrogens (tertiary/aromatic N) is 2. The van der Waals surface area contributed by atoms with Crippen LogP contribution in [0.3, 0.4) is 0 Å². The Labute approximate surface area is 271 Å². The number of hydrogen-bond donors (Lipinski definition) is 2. The molecule has 6 rings (SSSR count). The Hall–Kier alpha value is -4.09. The van der Waals surface area contributed by atoms with E-state index in [2.05, 4.69) is 26.2 Å². The Morgan fingerprint density at radius 2 is 2.02 bits per heavy atom. The summed E-state index contributed by atoms with van der Waals surface area (Å²) in [6, 6.07) is 11.3. The van der Waals surface area contributed by atoms with Crippen molar-refractivity contribution in [2.75, 3.05) is 20.3 Å². The van der Waals surface area contributed by atoms with E-state index in [1.165, 1.54) is 7.11 Å². The molecule has 12 heteroatoms. The molecular formula is C33H29BrClFN4O5. The number of halogens is 3. The molecule has 0 unspecified atom stereocenters. The maximum Gasteiger partial charge on any atom is 0.251 e. The largest absolute Gasteiger partial charge is 0.494 e. The number of carbonyl (C=O) groups is 3. The maximum atomic E-state index is 15.5. The monoisotopic (exact) mass is 694 g/mol. The highest BCUT2D eigenvalue weighted by atomic mass is 79.9. The fraction of sp³-hybridized carbons (Fsp3) is 0.303.